The third kappa shape index (κ3) is 3.03. The maximum absolute atomic E-state index is 6.02. The van der Waals surface area contributed by atoms with Gasteiger partial charge in [-0.3, -0.25) is 4.68 Å². The number of aromatic nitrogens is 2. The zero-order valence-corrected chi connectivity index (χ0v) is 13.5. The molecule has 4 nitrogen and oxygen atoms in total. The lowest BCUT2D eigenvalue weighted by atomic mass is 9.84. The summed E-state index contributed by atoms with van der Waals surface area (Å²) in [6.07, 6.45) is 1.79. The van der Waals surface area contributed by atoms with Crippen LogP contribution in [0, 0.1) is 0 Å². The van der Waals surface area contributed by atoms with E-state index in [0.717, 1.165) is 5.59 Å². The van der Waals surface area contributed by atoms with Crippen LogP contribution < -0.4 is 5.59 Å². The van der Waals surface area contributed by atoms with Crippen LogP contribution in [-0.2, 0) is 9.31 Å². The van der Waals surface area contributed by atoms with Crippen LogP contribution in [0.3, 0.4) is 0 Å². The average Bonchev–Trinajstić information content (AvgIpc) is 2.85. The van der Waals surface area contributed by atoms with Crippen molar-refractivity contribution in [1.29, 1.82) is 0 Å². The highest BCUT2D eigenvalue weighted by atomic mass is 16.7. The Morgan fingerprint density at radius 1 is 1.11 bits per heavy atom. The van der Waals surface area contributed by atoms with Crippen LogP contribution in [0.4, 0.5) is 0 Å². The van der Waals surface area contributed by atoms with Gasteiger partial charge in [-0.25, -0.2) is 0 Å². The molecular formula is C14H27BN2O2. The van der Waals surface area contributed by atoms with E-state index in [1.165, 1.54) is 0 Å². The molecular weight excluding hydrogens is 239 g/mol. The minimum absolute atomic E-state index is 0.302. The molecule has 0 aliphatic carbocycles. The molecule has 1 fully saturated rings. The summed E-state index contributed by atoms with van der Waals surface area (Å²) in [6.45, 7) is 16.4. The molecule has 2 rings (SSSR count). The summed E-state index contributed by atoms with van der Waals surface area (Å²) < 4.78 is 14.0. The van der Waals surface area contributed by atoms with E-state index in [2.05, 4.69) is 46.6 Å². The minimum Gasteiger partial charge on any atom is -0.398 e. The lowest BCUT2D eigenvalue weighted by Gasteiger charge is -2.32. The fourth-order valence-corrected chi connectivity index (χ4v) is 1.91. The van der Waals surface area contributed by atoms with Crippen molar-refractivity contribution in [3.8, 4) is 0 Å². The van der Waals surface area contributed by atoms with Gasteiger partial charge < -0.3 is 9.31 Å². The van der Waals surface area contributed by atoms with Crippen molar-refractivity contribution in [1.82, 2.24) is 9.78 Å². The van der Waals surface area contributed by atoms with Gasteiger partial charge in [0.15, 0.2) is 0 Å². The number of hydrogen-bond acceptors (Lipinski definition) is 3. The van der Waals surface area contributed by atoms with Crippen molar-refractivity contribution >= 4 is 12.7 Å². The van der Waals surface area contributed by atoms with Crippen molar-refractivity contribution in [3.63, 3.8) is 0 Å². The second-order valence-corrected chi connectivity index (χ2v) is 5.88. The van der Waals surface area contributed by atoms with Gasteiger partial charge in [0.2, 0.25) is 0 Å². The molecule has 0 radical (unpaired) electrons. The SMILES string of the molecule is CC.CC(C)n1nccc1B1OC(C)(C)C(C)(C)O1. The first kappa shape index (κ1) is 16.2. The van der Waals surface area contributed by atoms with Crippen molar-refractivity contribution < 1.29 is 9.31 Å². The minimum atomic E-state index is -0.329. The topological polar surface area (TPSA) is 36.3 Å². The fourth-order valence-electron chi connectivity index (χ4n) is 1.91. The predicted octanol–water partition coefficient (Wildman–Crippen LogP) is 2.79. The van der Waals surface area contributed by atoms with Crippen molar-refractivity contribution in [2.45, 2.75) is 72.6 Å². The quantitative estimate of drug-likeness (QED) is 0.772. The van der Waals surface area contributed by atoms with Gasteiger partial charge in [0.1, 0.15) is 0 Å². The van der Waals surface area contributed by atoms with Crippen LogP contribution in [0.25, 0.3) is 0 Å². The van der Waals surface area contributed by atoms with Crippen LogP contribution >= 0.6 is 0 Å². The van der Waals surface area contributed by atoms with Crippen LogP contribution in [0.15, 0.2) is 12.3 Å². The molecule has 1 aromatic rings. The zero-order valence-electron chi connectivity index (χ0n) is 13.5. The highest BCUT2D eigenvalue weighted by Gasteiger charge is 2.52. The number of nitrogens with zero attached hydrogens (tertiary/aromatic N) is 2. The van der Waals surface area contributed by atoms with E-state index < -0.39 is 0 Å². The van der Waals surface area contributed by atoms with E-state index in [-0.39, 0.29) is 18.3 Å². The molecule has 0 atom stereocenters. The summed E-state index contributed by atoms with van der Waals surface area (Å²) in [7, 11) is -0.329. The molecule has 1 saturated heterocycles. The third-order valence-electron chi connectivity index (χ3n) is 3.68. The van der Waals surface area contributed by atoms with Crippen LogP contribution in [-0.4, -0.2) is 28.1 Å². The Balaban J connectivity index is 0.000000861. The van der Waals surface area contributed by atoms with Crippen molar-refractivity contribution in [2.75, 3.05) is 0 Å². The first-order valence-electron chi connectivity index (χ1n) is 7.14. The van der Waals surface area contributed by atoms with E-state index >= 15 is 0 Å². The molecule has 0 spiro atoms. The van der Waals surface area contributed by atoms with E-state index in [1.807, 2.05) is 24.6 Å². The van der Waals surface area contributed by atoms with Gasteiger partial charge in [-0.05, 0) is 47.6 Å². The number of hydrogen-bond donors (Lipinski definition) is 0. The third-order valence-corrected chi connectivity index (χ3v) is 3.68. The largest absolute Gasteiger partial charge is 0.514 e. The van der Waals surface area contributed by atoms with Crippen molar-refractivity contribution in [3.05, 3.63) is 12.3 Å². The lowest BCUT2D eigenvalue weighted by molar-refractivity contribution is 0.00578. The van der Waals surface area contributed by atoms with Crippen LogP contribution in [0.5, 0.6) is 0 Å². The molecule has 0 aromatic carbocycles. The number of rotatable bonds is 2. The fraction of sp³-hybridized carbons (Fsp3) is 0.786. The summed E-state index contributed by atoms with van der Waals surface area (Å²) >= 11 is 0. The molecule has 0 N–H and O–H groups in total. The maximum atomic E-state index is 6.02. The van der Waals surface area contributed by atoms with Gasteiger partial charge in [-0.2, -0.15) is 5.10 Å². The van der Waals surface area contributed by atoms with Crippen LogP contribution in [0.2, 0.25) is 0 Å². The summed E-state index contributed by atoms with van der Waals surface area (Å²) in [5.41, 5.74) is 0.381. The highest BCUT2D eigenvalue weighted by Crippen LogP contribution is 2.36. The molecule has 5 heteroatoms. The van der Waals surface area contributed by atoms with Gasteiger partial charge in [0, 0.05) is 12.2 Å². The first-order valence-corrected chi connectivity index (χ1v) is 7.14. The smallest absolute Gasteiger partial charge is 0.398 e. The highest BCUT2D eigenvalue weighted by molar-refractivity contribution is 6.61. The molecule has 1 aliphatic rings. The average molecular weight is 266 g/mol. The molecule has 0 bridgehead atoms. The standard InChI is InChI=1S/C12H21BN2O2.C2H6/c1-9(2)15-10(7-8-14-15)13-16-11(3,4)12(5,6)17-13;1-2/h7-9H,1-6H3;1-2H3. The molecule has 0 saturated carbocycles. The molecule has 1 aromatic heterocycles. The van der Waals surface area contributed by atoms with E-state index in [1.54, 1.807) is 6.20 Å². The molecule has 108 valence electrons. The van der Waals surface area contributed by atoms with Gasteiger partial charge in [-0.1, -0.05) is 13.8 Å². The lowest BCUT2D eigenvalue weighted by Crippen LogP contribution is -2.41. The second-order valence-electron chi connectivity index (χ2n) is 5.88. The summed E-state index contributed by atoms with van der Waals surface area (Å²) in [5, 5.41) is 4.31. The Labute approximate surface area is 117 Å². The molecule has 0 unspecified atom stereocenters. The second kappa shape index (κ2) is 5.67. The van der Waals surface area contributed by atoms with Gasteiger partial charge >= 0.3 is 7.12 Å². The predicted molar refractivity (Wildman–Crippen MR) is 79.7 cm³/mol. The Kier molecular flexibility index (Phi) is 4.85. The van der Waals surface area contributed by atoms with Gasteiger partial charge in [-0.15, -0.1) is 0 Å². The van der Waals surface area contributed by atoms with Crippen molar-refractivity contribution in [2.24, 2.45) is 0 Å². The van der Waals surface area contributed by atoms with E-state index in [0.29, 0.717) is 6.04 Å². The molecule has 1 aliphatic heterocycles. The Bertz CT molecular complexity index is 397. The maximum Gasteiger partial charge on any atom is 0.514 e. The van der Waals surface area contributed by atoms with E-state index in [4.69, 9.17) is 9.31 Å². The van der Waals surface area contributed by atoms with E-state index in [9.17, 15) is 0 Å². The monoisotopic (exact) mass is 266 g/mol. The molecule has 2 heterocycles. The molecule has 0 amide bonds. The summed E-state index contributed by atoms with van der Waals surface area (Å²) in [4.78, 5) is 0. The first-order chi connectivity index (χ1) is 8.74. The summed E-state index contributed by atoms with van der Waals surface area (Å²) in [6, 6.07) is 2.27. The summed E-state index contributed by atoms with van der Waals surface area (Å²) in [5.74, 6) is 0. The van der Waals surface area contributed by atoms with Gasteiger partial charge in [0.05, 0.1) is 16.8 Å². The van der Waals surface area contributed by atoms with Crippen LogP contribution in [0.1, 0.15) is 61.4 Å². The Morgan fingerprint density at radius 3 is 2.00 bits per heavy atom. The molecule has 19 heavy (non-hydrogen) atoms. The Hall–Kier alpha value is -0.805. The van der Waals surface area contributed by atoms with Gasteiger partial charge in [0.25, 0.3) is 0 Å². The zero-order chi connectivity index (χ0) is 14.8. The normalized spacial score (nSPS) is 20.4. The Morgan fingerprint density at radius 2 is 1.58 bits per heavy atom.